The molecule has 0 radical (unpaired) electrons. The number of nitrogens with zero attached hydrogens (tertiary/aromatic N) is 4. The normalized spacial score (nSPS) is 16.1. The van der Waals surface area contributed by atoms with Crippen molar-refractivity contribution in [3.8, 4) is 5.69 Å². The van der Waals surface area contributed by atoms with Crippen molar-refractivity contribution >= 4 is 5.91 Å². The van der Waals surface area contributed by atoms with Gasteiger partial charge >= 0.3 is 0 Å². The third-order valence-electron chi connectivity index (χ3n) is 3.93. The minimum absolute atomic E-state index is 0.179. The summed E-state index contributed by atoms with van der Waals surface area (Å²) in [4.78, 5) is 15.6. The number of aromatic nitrogens is 2. The highest BCUT2D eigenvalue weighted by Gasteiger charge is 2.18. The van der Waals surface area contributed by atoms with Gasteiger partial charge in [0.1, 0.15) is 0 Å². The van der Waals surface area contributed by atoms with Gasteiger partial charge in [0.25, 0.3) is 0 Å². The third-order valence-corrected chi connectivity index (χ3v) is 3.93. The molecular formula is C16H20N4O. The van der Waals surface area contributed by atoms with Crippen LogP contribution in [0.15, 0.2) is 42.7 Å². The van der Waals surface area contributed by atoms with E-state index in [1.165, 1.54) is 5.56 Å². The Morgan fingerprint density at radius 1 is 1.14 bits per heavy atom. The summed E-state index contributed by atoms with van der Waals surface area (Å²) in [5, 5.41) is 4.23. The highest BCUT2D eigenvalue weighted by molar-refractivity contribution is 5.73. The summed E-state index contributed by atoms with van der Waals surface area (Å²) in [6.45, 7) is 6.14. The van der Waals surface area contributed by atoms with Gasteiger partial charge in [-0.25, -0.2) is 4.68 Å². The van der Waals surface area contributed by atoms with Crippen molar-refractivity contribution in [3.05, 3.63) is 48.3 Å². The summed E-state index contributed by atoms with van der Waals surface area (Å²) >= 11 is 0. The quantitative estimate of drug-likeness (QED) is 0.858. The SMILES string of the molecule is CC(=O)N1CCN(Cc2ccc(-n3cccn3)cc2)CC1. The van der Waals surface area contributed by atoms with Crippen LogP contribution < -0.4 is 0 Å². The zero-order valence-electron chi connectivity index (χ0n) is 12.3. The molecule has 21 heavy (non-hydrogen) atoms. The van der Waals surface area contributed by atoms with Gasteiger partial charge in [-0.15, -0.1) is 0 Å². The minimum Gasteiger partial charge on any atom is -0.340 e. The monoisotopic (exact) mass is 284 g/mol. The molecule has 1 aliphatic rings. The molecule has 0 bridgehead atoms. The predicted octanol–water partition coefficient (Wildman–Crippen LogP) is 1.54. The lowest BCUT2D eigenvalue weighted by atomic mass is 10.2. The van der Waals surface area contributed by atoms with E-state index in [0.29, 0.717) is 0 Å². The lowest BCUT2D eigenvalue weighted by Gasteiger charge is -2.34. The van der Waals surface area contributed by atoms with Crippen molar-refractivity contribution in [1.82, 2.24) is 19.6 Å². The van der Waals surface area contributed by atoms with Gasteiger partial charge in [-0.05, 0) is 23.8 Å². The lowest BCUT2D eigenvalue weighted by Crippen LogP contribution is -2.47. The Bertz CT molecular complexity index is 583. The first-order valence-corrected chi connectivity index (χ1v) is 7.29. The Hall–Kier alpha value is -2.14. The van der Waals surface area contributed by atoms with E-state index in [0.717, 1.165) is 38.4 Å². The molecule has 1 saturated heterocycles. The van der Waals surface area contributed by atoms with Crippen molar-refractivity contribution in [1.29, 1.82) is 0 Å². The Balaban J connectivity index is 1.58. The van der Waals surface area contributed by atoms with Crippen LogP contribution in [0.2, 0.25) is 0 Å². The number of carbonyl (C=O) groups excluding carboxylic acids is 1. The average Bonchev–Trinajstić information content (AvgIpc) is 3.03. The summed E-state index contributed by atoms with van der Waals surface area (Å²) in [6, 6.07) is 10.4. The second kappa shape index (κ2) is 6.10. The summed E-state index contributed by atoms with van der Waals surface area (Å²) in [7, 11) is 0. The molecule has 2 aromatic rings. The molecule has 5 nitrogen and oxygen atoms in total. The molecule has 1 fully saturated rings. The molecule has 1 amide bonds. The fraction of sp³-hybridized carbons (Fsp3) is 0.375. The number of rotatable bonds is 3. The van der Waals surface area contributed by atoms with Crippen LogP contribution in [0.3, 0.4) is 0 Å². The molecule has 1 aliphatic heterocycles. The summed E-state index contributed by atoms with van der Waals surface area (Å²) in [6.07, 6.45) is 3.72. The molecule has 0 N–H and O–H groups in total. The van der Waals surface area contributed by atoms with E-state index < -0.39 is 0 Å². The van der Waals surface area contributed by atoms with E-state index in [1.54, 1.807) is 13.1 Å². The molecule has 1 aromatic carbocycles. The maximum absolute atomic E-state index is 11.3. The molecule has 0 saturated carbocycles. The van der Waals surface area contributed by atoms with E-state index in [9.17, 15) is 4.79 Å². The second-order valence-electron chi connectivity index (χ2n) is 5.40. The van der Waals surface area contributed by atoms with Crippen LogP contribution in [0.4, 0.5) is 0 Å². The molecule has 3 rings (SSSR count). The van der Waals surface area contributed by atoms with E-state index in [2.05, 4.69) is 34.3 Å². The van der Waals surface area contributed by atoms with E-state index in [4.69, 9.17) is 0 Å². The van der Waals surface area contributed by atoms with Gasteiger partial charge in [0.05, 0.1) is 5.69 Å². The van der Waals surface area contributed by atoms with E-state index in [-0.39, 0.29) is 5.91 Å². The van der Waals surface area contributed by atoms with E-state index >= 15 is 0 Å². The molecule has 110 valence electrons. The minimum atomic E-state index is 0.179. The first kappa shape index (κ1) is 13.8. The molecule has 0 unspecified atom stereocenters. The van der Waals surface area contributed by atoms with Gasteiger partial charge in [-0.1, -0.05) is 12.1 Å². The number of piperazine rings is 1. The topological polar surface area (TPSA) is 41.4 Å². The van der Waals surface area contributed by atoms with Crippen LogP contribution in [0, 0.1) is 0 Å². The molecule has 2 heterocycles. The standard InChI is InChI=1S/C16H20N4O/c1-14(21)19-11-9-18(10-12-19)13-15-3-5-16(6-4-15)20-8-2-7-17-20/h2-8H,9-13H2,1H3. The van der Waals surface area contributed by atoms with Gasteiger partial charge in [-0.3, -0.25) is 9.69 Å². The fourth-order valence-electron chi connectivity index (χ4n) is 2.65. The largest absolute Gasteiger partial charge is 0.340 e. The number of benzene rings is 1. The summed E-state index contributed by atoms with van der Waals surface area (Å²) in [5.74, 6) is 0.179. The molecule has 0 aliphatic carbocycles. The van der Waals surface area contributed by atoms with Crippen LogP contribution in [0.1, 0.15) is 12.5 Å². The molecular weight excluding hydrogens is 264 g/mol. The Kier molecular flexibility index (Phi) is 4.01. The zero-order chi connectivity index (χ0) is 14.7. The van der Waals surface area contributed by atoms with Gasteiger partial charge in [0.2, 0.25) is 5.91 Å². The van der Waals surface area contributed by atoms with Crippen LogP contribution >= 0.6 is 0 Å². The Morgan fingerprint density at radius 3 is 2.43 bits per heavy atom. The van der Waals surface area contributed by atoms with Crippen LogP contribution in [0.5, 0.6) is 0 Å². The van der Waals surface area contributed by atoms with Crippen molar-refractivity contribution in [2.75, 3.05) is 26.2 Å². The van der Waals surface area contributed by atoms with Crippen molar-refractivity contribution in [2.24, 2.45) is 0 Å². The highest BCUT2D eigenvalue weighted by Crippen LogP contribution is 2.12. The first-order valence-electron chi connectivity index (χ1n) is 7.29. The molecule has 1 aromatic heterocycles. The summed E-state index contributed by atoms with van der Waals surface area (Å²) in [5.41, 5.74) is 2.37. The Labute approximate surface area is 124 Å². The van der Waals surface area contributed by atoms with Crippen LogP contribution in [0.25, 0.3) is 5.69 Å². The van der Waals surface area contributed by atoms with E-state index in [1.807, 2.05) is 21.8 Å². The average molecular weight is 284 g/mol. The molecule has 0 spiro atoms. The summed E-state index contributed by atoms with van der Waals surface area (Å²) < 4.78 is 1.86. The molecule has 0 atom stereocenters. The van der Waals surface area contributed by atoms with Gasteiger partial charge < -0.3 is 4.90 Å². The third kappa shape index (κ3) is 3.31. The van der Waals surface area contributed by atoms with Crippen molar-refractivity contribution in [3.63, 3.8) is 0 Å². The van der Waals surface area contributed by atoms with Crippen LogP contribution in [-0.2, 0) is 11.3 Å². The number of hydrogen-bond acceptors (Lipinski definition) is 3. The first-order chi connectivity index (χ1) is 10.2. The maximum Gasteiger partial charge on any atom is 0.219 e. The predicted molar refractivity (Wildman–Crippen MR) is 81.1 cm³/mol. The second-order valence-corrected chi connectivity index (χ2v) is 5.40. The zero-order valence-corrected chi connectivity index (χ0v) is 12.3. The molecule has 5 heteroatoms. The number of carbonyl (C=O) groups is 1. The van der Waals surface area contributed by atoms with Gasteiger partial charge in [0.15, 0.2) is 0 Å². The highest BCUT2D eigenvalue weighted by atomic mass is 16.2. The Morgan fingerprint density at radius 2 is 1.86 bits per heavy atom. The fourth-order valence-corrected chi connectivity index (χ4v) is 2.65. The lowest BCUT2D eigenvalue weighted by molar-refractivity contribution is -0.130. The number of amides is 1. The van der Waals surface area contributed by atoms with Crippen molar-refractivity contribution < 1.29 is 4.79 Å². The number of hydrogen-bond donors (Lipinski definition) is 0. The smallest absolute Gasteiger partial charge is 0.219 e. The van der Waals surface area contributed by atoms with Gasteiger partial charge in [0, 0.05) is 52.0 Å². The van der Waals surface area contributed by atoms with Crippen LogP contribution in [-0.4, -0.2) is 51.7 Å². The maximum atomic E-state index is 11.3. The van der Waals surface area contributed by atoms with Gasteiger partial charge in [-0.2, -0.15) is 5.10 Å². The van der Waals surface area contributed by atoms with Crippen molar-refractivity contribution in [2.45, 2.75) is 13.5 Å².